The molecule has 4 nitrogen and oxygen atoms in total. The first kappa shape index (κ1) is 16.0. The summed E-state index contributed by atoms with van der Waals surface area (Å²) in [5, 5.41) is 15.6. The van der Waals surface area contributed by atoms with Gasteiger partial charge in [0.2, 0.25) is 0 Å². The Morgan fingerprint density at radius 1 is 1.33 bits per heavy atom. The average Bonchev–Trinajstić information content (AvgIpc) is 3.00. The van der Waals surface area contributed by atoms with Gasteiger partial charge in [0.25, 0.3) is 5.91 Å². The topological polar surface area (TPSA) is 66.4 Å². The normalized spacial score (nSPS) is 17.3. The van der Waals surface area contributed by atoms with Crippen molar-refractivity contribution >= 4 is 23.2 Å². The first-order valence-electron chi connectivity index (χ1n) is 7.70. The predicted octanol–water partition coefficient (Wildman–Crippen LogP) is 3.68. The quantitative estimate of drug-likeness (QED) is 0.807. The molecule has 1 heterocycles. The Balaban J connectivity index is 1.90. The van der Waals surface area contributed by atoms with Gasteiger partial charge in [-0.25, -0.2) is 0 Å². The summed E-state index contributed by atoms with van der Waals surface area (Å²) in [6, 6.07) is 1.77. The van der Waals surface area contributed by atoms with E-state index in [2.05, 4.69) is 5.32 Å². The third-order valence-electron chi connectivity index (χ3n) is 4.17. The fraction of sp³-hybridized carbons (Fsp3) is 0.625. The number of aliphatic carboxylic acids is 1. The summed E-state index contributed by atoms with van der Waals surface area (Å²) in [4.78, 5) is 23.0. The van der Waals surface area contributed by atoms with Crippen molar-refractivity contribution in [2.45, 2.75) is 57.4 Å². The summed E-state index contributed by atoms with van der Waals surface area (Å²) in [7, 11) is 0. The van der Waals surface area contributed by atoms with E-state index in [1.807, 2.05) is 10.8 Å². The van der Waals surface area contributed by atoms with Gasteiger partial charge in [0, 0.05) is 23.4 Å². The molecule has 2 rings (SSSR count). The molecule has 1 aliphatic carbocycles. The fourth-order valence-electron chi connectivity index (χ4n) is 3.03. The second-order valence-electron chi connectivity index (χ2n) is 5.85. The SMILES string of the molecule is O=C(O)CCC(CC1CCCCC1)NC(=O)c1ccsc1. The lowest BCUT2D eigenvalue weighted by molar-refractivity contribution is -0.137. The Morgan fingerprint density at radius 3 is 2.71 bits per heavy atom. The van der Waals surface area contributed by atoms with Crippen LogP contribution in [0.4, 0.5) is 0 Å². The van der Waals surface area contributed by atoms with E-state index >= 15 is 0 Å². The van der Waals surface area contributed by atoms with E-state index in [4.69, 9.17) is 5.11 Å². The van der Waals surface area contributed by atoms with Gasteiger partial charge < -0.3 is 10.4 Å². The predicted molar refractivity (Wildman–Crippen MR) is 83.6 cm³/mol. The number of carbonyl (C=O) groups is 2. The van der Waals surface area contributed by atoms with Gasteiger partial charge in [-0.2, -0.15) is 11.3 Å². The van der Waals surface area contributed by atoms with Gasteiger partial charge in [-0.15, -0.1) is 0 Å². The van der Waals surface area contributed by atoms with Crippen LogP contribution in [0.3, 0.4) is 0 Å². The van der Waals surface area contributed by atoms with Gasteiger partial charge in [-0.1, -0.05) is 32.1 Å². The average molecular weight is 309 g/mol. The number of carboxylic acid groups (broad SMARTS) is 1. The highest BCUT2D eigenvalue weighted by Gasteiger charge is 2.21. The van der Waals surface area contributed by atoms with Crippen LogP contribution in [0.5, 0.6) is 0 Å². The molecule has 1 amide bonds. The molecule has 0 aromatic carbocycles. The van der Waals surface area contributed by atoms with Gasteiger partial charge in [-0.05, 0) is 30.2 Å². The van der Waals surface area contributed by atoms with Crippen LogP contribution in [-0.2, 0) is 4.79 Å². The number of thiophene rings is 1. The Hall–Kier alpha value is -1.36. The number of carbonyl (C=O) groups excluding carboxylic acids is 1. The number of carboxylic acids is 1. The smallest absolute Gasteiger partial charge is 0.303 e. The molecule has 5 heteroatoms. The van der Waals surface area contributed by atoms with Crippen LogP contribution in [0.25, 0.3) is 0 Å². The molecule has 21 heavy (non-hydrogen) atoms. The molecule has 0 aliphatic heterocycles. The van der Waals surface area contributed by atoms with Crippen LogP contribution < -0.4 is 5.32 Å². The lowest BCUT2D eigenvalue weighted by Crippen LogP contribution is -2.37. The van der Waals surface area contributed by atoms with Crippen LogP contribution in [0, 0.1) is 5.92 Å². The van der Waals surface area contributed by atoms with Gasteiger partial charge in [0.1, 0.15) is 0 Å². The van der Waals surface area contributed by atoms with Gasteiger partial charge in [-0.3, -0.25) is 9.59 Å². The molecule has 0 saturated heterocycles. The molecule has 1 aromatic heterocycles. The number of nitrogens with one attached hydrogen (secondary N) is 1. The van der Waals surface area contributed by atoms with Crippen molar-refractivity contribution in [2.24, 2.45) is 5.92 Å². The zero-order valence-corrected chi connectivity index (χ0v) is 13.0. The van der Waals surface area contributed by atoms with Gasteiger partial charge >= 0.3 is 5.97 Å². The highest BCUT2D eigenvalue weighted by atomic mass is 32.1. The lowest BCUT2D eigenvalue weighted by atomic mass is 9.84. The Kier molecular flexibility index (Phi) is 6.23. The van der Waals surface area contributed by atoms with E-state index in [1.165, 1.54) is 43.4 Å². The van der Waals surface area contributed by atoms with Crippen LogP contribution in [-0.4, -0.2) is 23.0 Å². The molecular formula is C16H23NO3S. The summed E-state index contributed by atoms with van der Waals surface area (Å²) in [6.45, 7) is 0. The molecular weight excluding hydrogens is 286 g/mol. The Labute approximate surface area is 129 Å². The molecule has 0 spiro atoms. The standard InChI is InChI=1S/C16H23NO3S/c18-15(19)7-6-14(10-12-4-2-1-3-5-12)17-16(20)13-8-9-21-11-13/h8-9,11-12,14H,1-7,10H2,(H,17,20)(H,18,19). The number of hydrogen-bond donors (Lipinski definition) is 2. The van der Waals surface area contributed by atoms with Crippen molar-refractivity contribution in [3.05, 3.63) is 22.4 Å². The third-order valence-corrected chi connectivity index (χ3v) is 4.85. The van der Waals surface area contributed by atoms with Gasteiger partial charge in [0.05, 0.1) is 0 Å². The molecule has 2 N–H and O–H groups in total. The second-order valence-corrected chi connectivity index (χ2v) is 6.63. The zero-order chi connectivity index (χ0) is 15.1. The van der Waals surface area contributed by atoms with E-state index in [0.717, 1.165) is 6.42 Å². The minimum atomic E-state index is -0.798. The van der Waals surface area contributed by atoms with Crippen molar-refractivity contribution in [3.63, 3.8) is 0 Å². The maximum absolute atomic E-state index is 12.2. The number of hydrogen-bond acceptors (Lipinski definition) is 3. The van der Waals surface area contributed by atoms with Crippen LogP contribution in [0.2, 0.25) is 0 Å². The van der Waals surface area contributed by atoms with Crippen LogP contribution >= 0.6 is 11.3 Å². The first-order valence-corrected chi connectivity index (χ1v) is 8.64. The van der Waals surface area contributed by atoms with Crippen molar-refractivity contribution in [2.75, 3.05) is 0 Å². The highest BCUT2D eigenvalue weighted by molar-refractivity contribution is 7.08. The van der Waals surface area contributed by atoms with Crippen LogP contribution in [0.1, 0.15) is 61.7 Å². The van der Waals surface area contributed by atoms with E-state index in [9.17, 15) is 9.59 Å². The first-order chi connectivity index (χ1) is 10.1. The third kappa shape index (κ3) is 5.50. The molecule has 0 bridgehead atoms. The molecule has 116 valence electrons. The largest absolute Gasteiger partial charge is 0.481 e. The minimum absolute atomic E-state index is 0.0309. The van der Waals surface area contributed by atoms with Crippen molar-refractivity contribution in [1.82, 2.24) is 5.32 Å². The van der Waals surface area contributed by atoms with Crippen LogP contribution in [0.15, 0.2) is 16.8 Å². The number of amides is 1. The fourth-order valence-corrected chi connectivity index (χ4v) is 3.67. The van der Waals surface area contributed by atoms with E-state index in [1.54, 1.807) is 6.07 Å². The monoisotopic (exact) mass is 309 g/mol. The molecule has 1 fully saturated rings. The highest BCUT2D eigenvalue weighted by Crippen LogP contribution is 2.28. The van der Waals surface area contributed by atoms with Crippen molar-refractivity contribution in [1.29, 1.82) is 0 Å². The summed E-state index contributed by atoms with van der Waals surface area (Å²) in [5.41, 5.74) is 0.670. The van der Waals surface area contributed by atoms with E-state index < -0.39 is 5.97 Å². The second kappa shape index (κ2) is 8.17. The molecule has 0 radical (unpaired) electrons. The number of rotatable bonds is 7. The maximum atomic E-state index is 12.2. The van der Waals surface area contributed by atoms with Crippen molar-refractivity contribution < 1.29 is 14.7 Å². The minimum Gasteiger partial charge on any atom is -0.481 e. The summed E-state index contributed by atoms with van der Waals surface area (Å²) < 4.78 is 0. The summed E-state index contributed by atoms with van der Waals surface area (Å²) in [5.74, 6) is -0.254. The Bertz CT molecular complexity index is 452. The van der Waals surface area contributed by atoms with E-state index in [0.29, 0.717) is 17.9 Å². The molecule has 1 atom stereocenters. The summed E-state index contributed by atoms with van der Waals surface area (Å²) in [6.07, 6.45) is 7.77. The summed E-state index contributed by atoms with van der Waals surface area (Å²) >= 11 is 1.49. The maximum Gasteiger partial charge on any atom is 0.303 e. The Morgan fingerprint density at radius 2 is 2.10 bits per heavy atom. The van der Waals surface area contributed by atoms with Crippen molar-refractivity contribution in [3.8, 4) is 0 Å². The van der Waals surface area contributed by atoms with E-state index in [-0.39, 0.29) is 18.4 Å². The zero-order valence-electron chi connectivity index (χ0n) is 12.2. The molecule has 1 aliphatic rings. The molecule has 1 aromatic rings. The molecule has 1 saturated carbocycles. The van der Waals surface area contributed by atoms with Gasteiger partial charge in [0.15, 0.2) is 0 Å². The molecule has 1 unspecified atom stereocenters. The lowest BCUT2D eigenvalue weighted by Gasteiger charge is -2.27.